The Kier molecular flexibility index (Phi) is 4.20. The van der Waals surface area contributed by atoms with E-state index in [1.54, 1.807) is 29.3 Å². The number of H-pyrrole nitrogens is 1. The quantitative estimate of drug-likeness (QED) is 0.943. The van der Waals surface area contributed by atoms with Crippen LogP contribution in [0.2, 0.25) is 0 Å². The number of hydrogen-bond acceptors (Lipinski definition) is 3. The van der Waals surface area contributed by atoms with Gasteiger partial charge in [-0.2, -0.15) is 5.10 Å². The van der Waals surface area contributed by atoms with Gasteiger partial charge in [-0.15, -0.1) is 0 Å². The highest BCUT2D eigenvalue weighted by molar-refractivity contribution is 5.79. The molecule has 0 radical (unpaired) electrons. The molecule has 3 rings (SSSR count). The third-order valence-corrected chi connectivity index (χ3v) is 3.95. The van der Waals surface area contributed by atoms with Gasteiger partial charge in [0, 0.05) is 6.54 Å². The highest BCUT2D eigenvalue weighted by Gasteiger charge is 2.30. The van der Waals surface area contributed by atoms with Crippen molar-refractivity contribution in [3.05, 3.63) is 53.1 Å². The van der Waals surface area contributed by atoms with Crippen molar-refractivity contribution in [1.82, 2.24) is 15.1 Å². The molecule has 2 heterocycles. The van der Waals surface area contributed by atoms with Crippen LogP contribution < -0.4 is 0 Å². The van der Waals surface area contributed by atoms with E-state index < -0.39 is 0 Å². The normalized spacial score (nSPS) is 18.5. The second-order valence-electron chi connectivity index (χ2n) is 5.41. The van der Waals surface area contributed by atoms with Crippen LogP contribution in [0.15, 0.2) is 30.5 Å². The average molecular weight is 303 g/mol. The Morgan fingerprint density at radius 2 is 2.32 bits per heavy atom. The summed E-state index contributed by atoms with van der Waals surface area (Å²) in [4.78, 5) is 14.4. The first-order valence-corrected chi connectivity index (χ1v) is 7.27. The van der Waals surface area contributed by atoms with Crippen molar-refractivity contribution >= 4 is 5.91 Å². The van der Waals surface area contributed by atoms with E-state index in [9.17, 15) is 9.18 Å². The number of rotatable bonds is 3. The zero-order valence-corrected chi connectivity index (χ0v) is 12.4. The van der Waals surface area contributed by atoms with E-state index in [2.05, 4.69) is 10.2 Å². The van der Waals surface area contributed by atoms with Gasteiger partial charge in [0.25, 0.3) is 0 Å². The van der Waals surface area contributed by atoms with Gasteiger partial charge in [-0.1, -0.05) is 18.2 Å². The van der Waals surface area contributed by atoms with Crippen molar-refractivity contribution in [2.45, 2.75) is 19.4 Å². The number of ether oxygens (including phenoxy) is 1. The first-order chi connectivity index (χ1) is 10.7. The highest BCUT2D eigenvalue weighted by Crippen LogP contribution is 2.25. The van der Waals surface area contributed by atoms with Crippen molar-refractivity contribution in [1.29, 1.82) is 0 Å². The van der Waals surface area contributed by atoms with Gasteiger partial charge < -0.3 is 9.64 Å². The van der Waals surface area contributed by atoms with Gasteiger partial charge in [0.15, 0.2) is 0 Å². The molecule has 0 saturated carbocycles. The molecule has 0 unspecified atom stereocenters. The molecular formula is C16H18FN3O2. The molecule has 0 bridgehead atoms. The van der Waals surface area contributed by atoms with Crippen LogP contribution in [-0.4, -0.2) is 40.8 Å². The number of carbonyl (C=O) groups is 1. The number of carbonyl (C=O) groups excluding carboxylic acids is 1. The van der Waals surface area contributed by atoms with Gasteiger partial charge in [-0.05, 0) is 24.1 Å². The van der Waals surface area contributed by atoms with E-state index in [0.29, 0.717) is 25.3 Å². The molecule has 1 aromatic carbocycles. The van der Waals surface area contributed by atoms with Crippen molar-refractivity contribution in [2.24, 2.45) is 0 Å². The molecule has 0 spiro atoms. The van der Waals surface area contributed by atoms with Crippen molar-refractivity contribution in [2.75, 3.05) is 19.8 Å². The highest BCUT2D eigenvalue weighted by atomic mass is 19.1. The molecule has 22 heavy (non-hydrogen) atoms. The van der Waals surface area contributed by atoms with E-state index in [1.165, 1.54) is 6.07 Å². The molecule has 1 N–H and O–H groups in total. The smallest absolute Gasteiger partial charge is 0.227 e. The molecule has 0 aliphatic carbocycles. The summed E-state index contributed by atoms with van der Waals surface area (Å²) in [6, 6.07) is 6.18. The monoisotopic (exact) mass is 303 g/mol. The minimum absolute atomic E-state index is 0.0519. The van der Waals surface area contributed by atoms with Crippen LogP contribution in [0.1, 0.15) is 22.9 Å². The fraction of sp³-hybridized carbons (Fsp3) is 0.375. The lowest BCUT2D eigenvalue weighted by Crippen LogP contribution is -2.44. The van der Waals surface area contributed by atoms with Crippen LogP contribution in [0, 0.1) is 12.7 Å². The first-order valence-electron chi connectivity index (χ1n) is 7.27. The zero-order chi connectivity index (χ0) is 15.5. The topological polar surface area (TPSA) is 58.2 Å². The second kappa shape index (κ2) is 6.27. The standard InChI is InChI=1S/C16H18FN3O2/c1-11-9-18-19-16(11)14-10-22-7-6-20(14)15(21)8-12-4-2-3-5-13(12)17/h2-5,9,14H,6-8,10H2,1H3,(H,18,19)/t14-/m1/s1. The van der Waals surface area contributed by atoms with Gasteiger partial charge in [0.05, 0.1) is 37.6 Å². The molecular weight excluding hydrogens is 285 g/mol. The van der Waals surface area contributed by atoms with E-state index in [-0.39, 0.29) is 24.2 Å². The Morgan fingerprint density at radius 3 is 3.05 bits per heavy atom. The summed E-state index contributed by atoms with van der Waals surface area (Å²) in [7, 11) is 0. The maximum Gasteiger partial charge on any atom is 0.227 e. The number of amides is 1. The Labute approximate surface area is 128 Å². The van der Waals surface area contributed by atoms with Crippen LogP contribution in [0.3, 0.4) is 0 Å². The number of morpholine rings is 1. The third kappa shape index (κ3) is 2.87. The number of benzene rings is 1. The maximum atomic E-state index is 13.7. The van der Waals surface area contributed by atoms with Crippen molar-refractivity contribution in [3.8, 4) is 0 Å². The molecule has 1 aromatic heterocycles. The molecule has 2 aromatic rings. The van der Waals surface area contributed by atoms with Crippen LogP contribution in [-0.2, 0) is 16.0 Å². The van der Waals surface area contributed by atoms with Gasteiger partial charge in [0.2, 0.25) is 5.91 Å². The second-order valence-corrected chi connectivity index (χ2v) is 5.41. The summed E-state index contributed by atoms with van der Waals surface area (Å²) in [6.07, 6.45) is 1.78. The fourth-order valence-corrected chi connectivity index (χ4v) is 2.74. The summed E-state index contributed by atoms with van der Waals surface area (Å²) in [5.41, 5.74) is 2.28. The lowest BCUT2D eigenvalue weighted by atomic mass is 10.1. The number of aromatic nitrogens is 2. The predicted octanol–water partition coefficient (Wildman–Crippen LogP) is 2.00. The molecule has 1 fully saturated rings. The first kappa shape index (κ1) is 14.7. The van der Waals surface area contributed by atoms with Crippen LogP contribution in [0.25, 0.3) is 0 Å². The molecule has 6 heteroatoms. The fourth-order valence-electron chi connectivity index (χ4n) is 2.74. The molecule has 1 saturated heterocycles. The Bertz CT molecular complexity index is 671. The molecule has 1 atom stereocenters. The number of aromatic amines is 1. The van der Waals surface area contributed by atoms with E-state index in [4.69, 9.17) is 4.74 Å². The average Bonchev–Trinajstić information content (AvgIpc) is 2.95. The lowest BCUT2D eigenvalue weighted by molar-refractivity contribution is -0.139. The minimum Gasteiger partial charge on any atom is -0.377 e. The number of halogens is 1. The Hall–Kier alpha value is -2.21. The summed E-state index contributed by atoms with van der Waals surface area (Å²) in [6.45, 7) is 3.35. The van der Waals surface area contributed by atoms with Crippen LogP contribution in [0.4, 0.5) is 4.39 Å². The van der Waals surface area contributed by atoms with Gasteiger partial charge in [-0.25, -0.2) is 4.39 Å². The lowest BCUT2D eigenvalue weighted by Gasteiger charge is -2.35. The summed E-state index contributed by atoms with van der Waals surface area (Å²) < 4.78 is 19.2. The molecule has 116 valence electrons. The number of aryl methyl sites for hydroxylation is 1. The van der Waals surface area contributed by atoms with Crippen LogP contribution in [0.5, 0.6) is 0 Å². The van der Waals surface area contributed by atoms with E-state index >= 15 is 0 Å². The molecule has 1 aliphatic heterocycles. The molecule has 1 amide bonds. The number of nitrogens with zero attached hydrogens (tertiary/aromatic N) is 2. The number of hydrogen-bond donors (Lipinski definition) is 1. The SMILES string of the molecule is Cc1cn[nH]c1[C@H]1COCCN1C(=O)Cc1ccccc1F. The van der Waals surface area contributed by atoms with Crippen molar-refractivity contribution in [3.63, 3.8) is 0 Å². The maximum absolute atomic E-state index is 13.7. The summed E-state index contributed by atoms with van der Waals surface area (Å²) in [5.74, 6) is -0.453. The van der Waals surface area contributed by atoms with Gasteiger partial charge in [-0.3, -0.25) is 9.89 Å². The van der Waals surface area contributed by atoms with Gasteiger partial charge in [0.1, 0.15) is 5.82 Å². The van der Waals surface area contributed by atoms with Gasteiger partial charge >= 0.3 is 0 Å². The van der Waals surface area contributed by atoms with Crippen molar-refractivity contribution < 1.29 is 13.9 Å². The third-order valence-electron chi connectivity index (χ3n) is 3.95. The van der Waals surface area contributed by atoms with Crippen LogP contribution >= 0.6 is 0 Å². The molecule has 5 nitrogen and oxygen atoms in total. The summed E-state index contributed by atoms with van der Waals surface area (Å²) >= 11 is 0. The summed E-state index contributed by atoms with van der Waals surface area (Å²) in [5, 5.41) is 6.95. The molecule has 1 aliphatic rings. The largest absolute Gasteiger partial charge is 0.377 e. The Morgan fingerprint density at radius 1 is 1.50 bits per heavy atom. The minimum atomic E-state index is -0.349. The van der Waals surface area contributed by atoms with E-state index in [0.717, 1.165) is 11.3 Å². The zero-order valence-electron chi connectivity index (χ0n) is 12.4. The predicted molar refractivity (Wildman–Crippen MR) is 78.7 cm³/mol. The van der Waals surface area contributed by atoms with E-state index in [1.807, 2.05) is 6.92 Å². The Balaban J connectivity index is 1.80. The number of nitrogens with one attached hydrogen (secondary N) is 1.